The van der Waals surface area contributed by atoms with Gasteiger partial charge in [-0.1, -0.05) is 32.4 Å². The monoisotopic (exact) mass is 349 g/mol. The van der Waals surface area contributed by atoms with Crippen LogP contribution in [0.5, 0.6) is 0 Å². The number of hydrogen-bond donors (Lipinski definition) is 2. The zero-order chi connectivity index (χ0) is 17.7. The number of hydrogen-bond acceptors (Lipinski definition) is 4. The van der Waals surface area contributed by atoms with Crippen molar-refractivity contribution >= 4 is 34.7 Å². The van der Waals surface area contributed by atoms with E-state index in [2.05, 4.69) is 10.3 Å². The van der Waals surface area contributed by atoms with Crippen molar-refractivity contribution in [2.24, 2.45) is 5.92 Å². The molecule has 24 heavy (non-hydrogen) atoms. The van der Waals surface area contributed by atoms with E-state index in [1.165, 1.54) is 0 Å². The Hall–Kier alpha value is -2.02. The summed E-state index contributed by atoms with van der Waals surface area (Å²) in [6.07, 6.45) is 2.66. The van der Waals surface area contributed by atoms with Crippen molar-refractivity contribution in [3.8, 4) is 0 Å². The zero-order valence-corrected chi connectivity index (χ0v) is 15.0. The molecule has 0 bridgehead atoms. The first kappa shape index (κ1) is 18.3. The van der Waals surface area contributed by atoms with Crippen LogP contribution in [-0.4, -0.2) is 38.8 Å². The fourth-order valence-corrected chi connectivity index (χ4v) is 3.07. The maximum absolute atomic E-state index is 12.4. The number of amides is 1. The number of benzene rings is 1. The predicted molar refractivity (Wildman–Crippen MR) is 96.0 cm³/mol. The van der Waals surface area contributed by atoms with Crippen LogP contribution in [0.4, 0.5) is 0 Å². The van der Waals surface area contributed by atoms with Gasteiger partial charge in [0.25, 0.3) is 0 Å². The third-order valence-corrected chi connectivity index (χ3v) is 4.65. The first-order valence-electron chi connectivity index (χ1n) is 7.93. The van der Waals surface area contributed by atoms with E-state index in [1.807, 2.05) is 48.9 Å². The van der Waals surface area contributed by atoms with Crippen LogP contribution in [0.1, 0.15) is 26.1 Å². The summed E-state index contributed by atoms with van der Waals surface area (Å²) in [5.74, 6) is 0.0621. The summed E-state index contributed by atoms with van der Waals surface area (Å²) in [6.45, 7) is 3.80. The lowest BCUT2D eigenvalue weighted by atomic mass is 9.99. The van der Waals surface area contributed by atoms with E-state index >= 15 is 0 Å². The Labute approximate surface area is 145 Å². The molecular formula is C17H23N3O3S. The fraction of sp³-hybridized carbons (Fsp3) is 0.471. The Balaban J connectivity index is 2.23. The van der Waals surface area contributed by atoms with Crippen LogP contribution in [-0.2, 0) is 21.9 Å². The van der Waals surface area contributed by atoms with Crippen molar-refractivity contribution in [2.45, 2.75) is 38.6 Å². The standard InChI is InChI=1S/C17H23N3O3S/c1-4-11(2)16(17(22)23)19-15(21)9-20-13-8-6-5-7-12(13)18-14(20)10-24-3/h5-8,11,16H,4,9-10H2,1-3H3,(H,19,21)(H,22,23)/t11-,16-/m0/s1. The number of imidazole rings is 1. The number of carbonyl (C=O) groups is 2. The Morgan fingerprint density at radius 2 is 2.08 bits per heavy atom. The lowest BCUT2D eigenvalue weighted by Gasteiger charge is -2.20. The largest absolute Gasteiger partial charge is 0.480 e. The molecule has 7 heteroatoms. The highest BCUT2D eigenvalue weighted by atomic mass is 32.2. The van der Waals surface area contributed by atoms with Crippen molar-refractivity contribution in [3.63, 3.8) is 0 Å². The number of carboxylic acid groups (broad SMARTS) is 1. The van der Waals surface area contributed by atoms with E-state index in [0.717, 1.165) is 16.9 Å². The third-order valence-electron chi connectivity index (χ3n) is 4.10. The first-order valence-corrected chi connectivity index (χ1v) is 9.32. The van der Waals surface area contributed by atoms with Gasteiger partial charge < -0.3 is 15.0 Å². The summed E-state index contributed by atoms with van der Waals surface area (Å²) in [5, 5.41) is 12.0. The molecule has 0 saturated carbocycles. The van der Waals surface area contributed by atoms with Crippen LogP contribution in [0.15, 0.2) is 24.3 Å². The van der Waals surface area contributed by atoms with Crippen LogP contribution in [0.3, 0.4) is 0 Å². The topological polar surface area (TPSA) is 84.2 Å². The van der Waals surface area contributed by atoms with Crippen molar-refractivity contribution in [1.82, 2.24) is 14.9 Å². The molecule has 1 amide bonds. The van der Waals surface area contributed by atoms with E-state index < -0.39 is 12.0 Å². The first-order chi connectivity index (χ1) is 11.5. The molecule has 2 aromatic rings. The molecule has 130 valence electrons. The summed E-state index contributed by atoms with van der Waals surface area (Å²) >= 11 is 1.63. The van der Waals surface area contributed by atoms with Gasteiger partial charge in [-0.25, -0.2) is 9.78 Å². The number of carbonyl (C=O) groups excluding carboxylic acids is 1. The molecule has 6 nitrogen and oxygen atoms in total. The average molecular weight is 349 g/mol. The third kappa shape index (κ3) is 4.08. The lowest BCUT2D eigenvalue weighted by Crippen LogP contribution is -2.46. The number of fused-ring (bicyclic) bond motifs is 1. The molecule has 1 heterocycles. The summed E-state index contributed by atoms with van der Waals surface area (Å²) < 4.78 is 1.86. The number of thioether (sulfide) groups is 1. The minimum Gasteiger partial charge on any atom is -0.480 e. The van der Waals surface area contributed by atoms with Crippen LogP contribution < -0.4 is 5.32 Å². The van der Waals surface area contributed by atoms with Gasteiger partial charge in [0, 0.05) is 0 Å². The van der Waals surface area contributed by atoms with Gasteiger partial charge in [0.2, 0.25) is 5.91 Å². The Morgan fingerprint density at radius 3 is 2.71 bits per heavy atom. The molecule has 1 aromatic carbocycles. The predicted octanol–water partition coefficient (Wildman–Crippen LogP) is 2.51. The zero-order valence-electron chi connectivity index (χ0n) is 14.2. The van der Waals surface area contributed by atoms with Crippen molar-refractivity contribution < 1.29 is 14.7 Å². The van der Waals surface area contributed by atoms with Gasteiger partial charge in [0.05, 0.1) is 16.8 Å². The van der Waals surface area contributed by atoms with Gasteiger partial charge >= 0.3 is 5.97 Å². The second-order valence-electron chi connectivity index (χ2n) is 5.80. The van der Waals surface area contributed by atoms with Gasteiger partial charge in [-0.15, -0.1) is 0 Å². The summed E-state index contributed by atoms with van der Waals surface area (Å²) in [4.78, 5) is 28.4. The number of rotatable bonds is 8. The van der Waals surface area contributed by atoms with Crippen LogP contribution in [0, 0.1) is 5.92 Å². The summed E-state index contributed by atoms with van der Waals surface area (Å²) in [7, 11) is 0. The normalized spacial score (nSPS) is 13.6. The Bertz CT molecular complexity index is 729. The number of aliphatic carboxylic acids is 1. The van der Waals surface area contributed by atoms with Crippen LogP contribution in [0.25, 0.3) is 11.0 Å². The number of aromatic nitrogens is 2. The average Bonchev–Trinajstić information content (AvgIpc) is 2.89. The van der Waals surface area contributed by atoms with E-state index in [4.69, 9.17) is 0 Å². The highest BCUT2D eigenvalue weighted by molar-refractivity contribution is 7.97. The highest BCUT2D eigenvalue weighted by Gasteiger charge is 2.25. The second-order valence-corrected chi connectivity index (χ2v) is 6.67. The van der Waals surface area contributed by atoms with Gasteiger partial charge in [0.1, 0.15) is 18.4 Å². The van der Waals surface area contributed by atoms with Crippen molar-refractivity contribution in [1.29, 1.82) is 0 Å². The minimum atomic E-state index is -1.00. The summed E-state index contributed by atoms with van der Waals surface area (Å²) in [5.41, 5.74) is 1.72. The number of nitrogens with one attached hydrogen (secondary N) is 1. The summed E-state index contributed by atoms with van der Waals surface area (Å²) in [6, 6.07) is 6.77. The van der Waals surface area contributed by atoms with E-state index in [9.17, 15) is 14.7 Å². The lowest BCUT2D eigenvalue weighted by molar-refractivity contribution is -0.143. The molecule has 0 aliphatic rings. The maximum atomic E-state index is 12.4. The van der Waals surface area contributed by atoms with Crippen LogP contribution in [0.2, 0.25) is 0 Å². The SMILES string of the molecule is CC[C@H](C)[C@H](NC(=O)Cn1c(CSC)nc2ccccc21)C(=O)O. The molecular weight excluding hydrogens is 326 g/mol. The van der Waals surface area contributed by atoms with Gasteiger partial charge in [-0.05, 0) is 24.3 Å². The number of carboxylic acids is 1. The maximum Gasteiger partial charge on any atom is 0.326 e. The van der Waals surface area contributed by atoms with Gasteiger partial charge in [-0.3, -0.25) is 4.79 Å². The van der Waals surface area contributed by atoms with Crippen molar-refractivity contribution in [3.05, 3.63) is 30.1 Å². The fourth-order valence-electron chi connectivity index (χ4n) is 2.59. The molecule has 2 atom stereocenters. The molecule has 1 aromatic heterocycles. The number of para-hydroxylation sites is 2. The smallest absolute Gasteiger partial charge is 0.326 e. The minimum absolute atomic E-state index is 0.0661. The Kier molecular flexibility index (Phi) is 6.25. The quantitative estimate of drug-likeness (QED) is 0.765. The molecule has 0 unspecified atom stereocenters. The molecule has 0 aliphatic heterocycles. The molecule has 0 aliphatic carbocycles. The molecule has 0 saturated heterocycles. The molecule has 0 spiro atoms. The molecule has 0 fully saturated rings. The van der Waals surface area contributed by atoms with Crippen LogP contribution >= 0.6 is 11.8 Å². The Morgan fingerprint density at radius 1 is 1.38 bits per heavy atom. The van der Waals surface area contributed by atoms with Gasteiger partial charge in [0.15, 0.2) is 0 Å². The van der Waals surface area contributed by atoms with E-state index in [1.54, 1.807) is 11.8 Å². The van der Waals surface area contributed by atoms with Gasteiger partial charge in [-0.2, -0.15) is 11.8 Å². The molecule has 2 N–H and O–H groups in total. The van der Waals surface area contributed by atoms with Crippen molar-refractivity contribution in [2.75, 3.05) is 6.26 Å². The molecule has 2 rings (SSSR count). The molecule has 0 radical (unpaired) electrons. The van der Waals surface area contributed by atoms with E-state index in [0.29, 0.717) is 12.2 Å². The van der Waals surface area contributed by atoms with E-state index in [-0.39, 0.29) is 18.4 Å². The highest BCUT2D eigenvalue weighted by Crippen LogP contribution is 2.19. The second kappa shape index (κ2) is 8.19. The number of nitrogens with zero attached hydrogens (tertiary/aromatic N) is 2.